The van der Waals surface area contributed by atoms with E-state index in [-0.39, 0.29) is 11.2 Å². The zero-order valence-corrected chi connectivity index (χ0v) is 13.1. The molecule has 0 bridgehead atoms. The molecule has 1 nitrogen and oxygen atoms in total. The van der Waals surface area contributed by atoms with E-state index >= 15 is 0 Å². The quantitative estimate of drug-likeness (QED) is 0.728. The van der Waals surface area contributed by atoms with Gasteiger partial charge in [-0.05, 0) is 55.0 Å². The Kier molecular flexibility index (Phi) is 6.30. The van der Waals surface area contributed by atoms with Gasteiger partial charge in [0.15, 0.2) is 0 Å². The van der Waals surface area contributed by atoms with E-state index in [0.29, 0.717) is 0 Å². The second kappa shape index (κ2) is 7.25. The lowest BCUT2D eigenvalue weighted by atomic mass is 9.81. The molecule has 0 aliphatic heterocycles. The first kappa shape index (κ1) is 15.6. The maximum absolute atomic E-state index is 13.8. The molecule has 0 aliphatic carbocycles. The highest BCUT2D eigenvalue weighted by atomic mass is 79.9. The van der Waals surface area contributed by atoms with Crippen LogP contribution in [0.2, 0.25) is 0 Å². The van der Waals surface area contributed by atoms with Crippen LogP contribution in [0.15, 0.2) is 22.7 Å². The summed E-state index contributed by atoms with van der Waals surface area (Å²) >= 11 is 3.41. The van der Waals surface area contributed by atoms with Crippen LogP contribution in [0, 0.1) is 11.2 Å². The Balaban J connectivity index is 2.74. The van der Waals surface area contributed by atoms with E-state index in [2.05, 4.69) is 42.0 Å². The van der Waals surface area contributed by atoms with Crippen LogP contribution in [0.3, 0.4) is 0 Å². The first-order valence-electron chi connectivity index (χ1n) is 6.65. The number of nitrogens with one attached hydrogen (secondary N) is 1. The van der Waals surface area contributed by atoms with Gasteiger partial charge in [-0.15, -0.1) is 0 Å². The van der Waals surface area contributed by atoms with Gasteiger partial charge in [-0.1, -0.05) is 36.7 Å². The Morgan fingerprint density at radius 2 is 2.06 bits per heavy atom. The summed E-state index contributed by atoms with van der Waals surface area (Å²) in [6, 6.07) is 5.18. The van der Waals surface area contributed by atoms with Crippen LogP contribution in [-0.2, 0) is 6.42 Å². The number of halogens is 2. The third-order valence-corrected chi connectivity index (χ3v) is 3.95. The van der Waals surface area contributed by atoms with E-state index < -0.39 is 0 Å². The predicted octanol–water partition coefficient (Wildman–Crippen LogP) is 4.55. The Hall–Kier alpha value is -0.410. The number of hydrogen-bond donors (Lipinski definition) is 1. The fourth-order valence-electron chi connectivity index (χ4n) is 2.02. The Bertz CT molecular complexity index is 381. The highest BCUT2D eigenvalue weighted by molar-refractivity contribution is 9.10. The topological polar surface area (TPSA) is 12.0 Å². The van der Waals surface area contributed by atoms with Gasteiger partial charge in [-0.25, -0.2) is 4.39 Å². The third kappa shape index (κ3) is 4.69. The van der Waals surface area contributed by atoms with Crippen LogP contribution in [0.25, 0.3) is 0 Å². The van der Waals surface area contributed by atoms with Gasteiger partial charge in [0.05, 0.1) is 0 Å². The number of benzene rings is 1. The van der Waals surface area contributed by atoms with Crippen LogP contribution in [-0.4, -0.2) is 13.1 Å². The van der Waals surface area contributed by atoms with Crippen molar-refractivity contribution in [2.24, 2.45) is 5.41 Å². The van der Waals surface area contributed by atoms with Gasteiger partial charge in [0.25, 0.3) is 0 Å². The summed E-state index contributed by atoms with van der Waals surface area (Å²) in [5.41, 5.74) is 0.906. The van der Waals surface area contributed by atoms with E-state index in [4.69, 9.17) is 0 Å². The highest BCUT2D eigenvalue weighted by Crippen LogP contribution is 2.28. The van der Waals surface area contributed by atoms with Crippen LogP contribution in [0.1, 0.15) is 39.2 Å². The molecule has 0 fully saturated rings. The Morgan fingerprint density at radius 3 is 2.67 bits per heavy atom. The first-order valence-corrected chi connectivity index (χ1v) is 7.44. The molecule has 0 amide bonds. The van der Waals surface area contributed by atoms with Crippen molar-refractivity contribution in [2.45, 2.75) is 40.0 Å². The smallest absolute Gasteiger partial charge is 0.126 e. The largest absolute Gasteiger partial charge is 0.316 e. The van der Waals surface area contributed by atoms with E-state index in [1.165, 1.54) is 6.07 Å². The molecule has 1 rings (SSSR count). The minimum Gasteiger partial charge on any atom is -0.316 e. The molecule has 0 spiro atoms. The van der Waals surface area contributed by atoms with Gasteiger partial charge in [-0.2, -0.15) is 0 Å². The van der Waals surface area contributed by atoms with Gasteiger partial charge in [0.1, 0.15) is 5.82 Å². The molecule has 0 aliphatic rings. The van der Waals surface area contributed by atoms with E-state index in [9.17, 15) is 4.39 Å². The van der Waals surface area contributed by atoms with E-state index in [0.717, 1.165) is 42.4 Å². The molecule has 0 saturated heterocycles. The summed E-state index contributed by atoms with van der Waals surface area (Å²) < 4.78 is 14.7. The normalized spacial score (nSPS) is 14.5. The zero-order valence-electron chi connectivity index (χ0n) is 11.5. The minimum absolute atomic E-state index is 0.103. The zero-order chi connectivity index (χ0) is 13.6. The van der Waals surface area contributed by atoms with Gasteiger partial charge in [-0.3, -0.25) is 0 Å². The monoisotopic (exact) mass is 315 g/mol. The number of hydrogen-bond acceptors (Lipinski definition) is 1. The molecule has 1 aromatic rings. The molecular formula is C15H23BrFN. The number of rotatable bonds is 7. The van der Waals surface area contributed by atoms with Crippen molar-refractivity contribution < 1.29 is 4.39 Å². The summed E-state index contributed by atoms with van der Waals surface area (Å²) in [5.74, 6) is -0.103. The molecule has 3 heteroatoms. The van der Waals surface area contributed by atoms with Crippen LogP contribution in [0.4, 0.5) is 4.39 Å². The maximum atomic E-state index is 13.8. The maximum Gasteiger partial charge on any atom is 0.126 e. The second-order valence-corrected chi connectivity index (χ2v) is 6.17. The first-order chi connectivity index (χ1) is 8.50. The summed E-state index contributed by atoms with van der Waals surface area (Å²) in [6.45, 7) is 8.50. The van der Waals surface area contributed by atoms with E-state index in [1.54, 1.807) is 6.07 Å². The van der Waals surface area contributed by atoms with Gasteiger partial charge in [0, 0.05) is 11.0 Å². The molecule has 1 N–H and O–H groups in total. The standard InChI is InChI=1S/C15H23BrFN/c1-4-8-18-11-15(3,5-2)10-12-9-13(16)6-7-14(12)17/h6-7,9,18H,4-5,8,10-11H2,1-3H3. The minimum atomic E-state index is -0.103. The van der Waals surface area contributed by atoms with Crippen LogP contribution in [0.5, 0.6) is 0 Å². The van der Waals surface area contributed by atoms with Crippen LogP contribution >= 0.6 is 15.9 Å². The SMILES string of the molecule is CCCNCC(C)(CC)Cc1cc(Br)ccc1F. The Labute approximate surface area is 118 Å². The van der Waals surface area contributed by atoms with Gasteiger partial charge < -0.3 is 5.32 Å². The second-order valence-electron chi connectivity index (χ2n) is 5.25. The molecule has 0 radical (unpaired) electrons. The fourth-order valence-corrected chi connectivity index (χ4v) is 2.43. The van der Waals surface area contributed by atoms with Crippen molar-refractivity contribution in [1.82, 2.24) is 5.32 Å². The average molecular weight is 316 g/mol. The fraction of sp³-hybridized carbons (Fsp3) is 0.600. The lowest BCUT2D eigenvalue weighted by molar-refractivity contribution is 0.287. The van der Waals surface area contributed by atoms with Gasteiger partial charge >= 0.3 is 0 Å². The lowest BCUT2D eigenvalue weighted by Gasteiger charge is -2.29. The molecule has 18 heavy (non-hydrogen) atoms. The average Bonchev–Trinajstić information content (AvgIpc) is 2.34. The van der Waals surface area contributed by atoms with Crippen molar-refractivity contribution in [3.63, 3.8) is 0 Å². The van der Waals surface area contributed by atoms with Crippen molar-refractivity contribution in [3.8, 4) is 0 Å². The molecular weight excluding hydrogens is 293 g/mol. The van der Waals surface area contributed by atoms with E-state index in [1.807, 2.05) is 6.07 Å². The molecule has 1 atom stereocenters. The Morgan fingerprint density at radius 1 is 1.33 bits per heavy atom. The lowest BCUT2D eigenvalue weighted by Crippen LogP contribution is -2.33. The summed E-state index contributed by atoms with van der Waals surface area (Å²) in [7, 11) is 0. The third-order valence-electron chi connectivity index (χ3n) is 3.46. The molecule has 102 valence electrons. The van der Waals surface area contributed by atoms with Gasteiger partial charge in [0.2, 0.25) is 0 Å². The molecule has 1 aromatic carbocycles. The molecule has 1 unspecified atom stereocenters. The molecule has 0 heterocycles. The summed E-state index contributed by atoms with van der Waals surface area (Å²) in [5, 5.41) is 3.45. The van der Waals surface area contributed by atoms with Crippen molar-refractivity contribution in [1.29, 1.82) is 0 Å². The van der Waals surface area contributed by atoms with Crippen molar-refractivity contribution in [3.05, 3.63) is 34.1 Å². The molecule has 0 saturated carbocycles. The highest BCUT2D eigenvalue weighted by Gasteiger charge is 2.23. The summed E-state index contributed by atoms with van der Waals surface area (Å²) in [6.07, 6.45) is 2.94. The molecule has 0 aromatic heterocycles. The summed E-state index contributed by atoms with van der Waals surface area (Å²) in [4.78, 5) is 0. The van der Waals surface area contributed by atoms with Crippen LogP contribution < -0.4 is 5.32 Å². The van der Waals surface area contributed by atoms with Crippen molar-refractivity contribution in [2.75, 3.05) is 13.1 Å². The predicted molar refractivity (Wildman–Crippen MR) is 79.4 cm³/mol. The van der Waals surface area contributed by atoms with Crippen molar-refractivity contribution >= 4 is 15.9 Å².